The topological polar surface area (TPSA) is 71.1 Å². The Kier molecular flexibility index (Phi) is 16.1. The van der Waals surface area contributed by atoms with Gasteiger partial charge in [0.1, 0.15) is 17.2 Å². The van der Waals surface area contributed by atoms with Crippen LogP contribution in [0.5, 0.6) is 17.2 Å². The molecule has 0 spiro atoms. The summed E-state index contributed by atoms with van der Waals surface area (Å²) >= 11 is 0. The summed E-state index contributed by atoms with van der Waals surface area (Å²) < 4.78 is 22.5. The van der Waals surface area contributed by atoms with Gasteiger partial charge in [-0.2, -0.15) is 0 Å². The van der Waals surface area contributed by atoms with Crippen LogP contribution in [0.25, 0.3) is 11.1 Å². The first-order valence-electron chi connectivity index (χ1n) is 16.5. The Morgan fingerprint density at radius 2 is 1.00 bits per heavy atom. The number of carbonyl (C=O) groups excluding carboxylic acids is 2. The van der Waals surface area contributed by atoms with Crippen LogP contribution in [0.2, 0.25) is 0 Å². The van der Waals surface area contributed by atoms with Gasteiger partial charge in [0.05, 0.1) is 12.2 Å². The van der Waals surface area contributed by atoms with Gasteiger partial charge in [0.2, 0.25) is 0 Å². The zero-order chi connectivity index (χ0) is 31.4. The van der Waals surface area contributed by atoms with Crippen molar-refractivity contribution in [2.75, 3.05) is 13.2 Å². The molecule has 3 aromatic rings. The third-order valence-electron chi connectivity index (χ3n) is 7.53. The molecule has 0 aromatic heterocycles. The second-order valence-electron chi connectivity index (χ2n) is 11.3. The standard InChI is InChI=1S/C38H50O6/c1-4-6-8-10-12-14-28-41-30(3)37(39)43-35-24-16-31(17-25-35)32-18-26-36(27-19-32)44-38(40)33-20-22-34(23-21-33)42-29-15-13-11-9-7-5-2/h16-27,30H,4-15,28-29H2,1-3H3. The SMILES string of the molecule is CCCCCCCCOc1ccc(C(=O)Oc2ccc(-c3ccc(OC(=O)C(C)OCCCCCCCC)cc3)cc2)cc1. The molecule has 3 rings (SSSR count). The van der Waals surface area contributed by atoms with E-state index in [1.54, 1.807) is 43.3 Å². The fraction of sp³-hybridized carbons (Fsp3) is 0.474. The van der Waals surface area contributed by atoms with Gasteiger partial charge in [-0.3, -0.25) is 0 Å². The molecule has 6 nitrogen and oxygen atoms in total. The van der Waals surface area contributed by atoms with Gasteiger partial charge in [-0.25, -0.2) is 9.59 Å². The van der Waals surface area contributed by atoms with Gasteiger partial charge in [-0.05, 0) is 79.4 Å². The van der Waals surface area contributed by atoms with Crippen molar-refractivity contribution in [2.45, 2.75) is 104 Å². The summed E-state index contributed by atoms with van der Waals surface area (Å²) in [5.41, 5.74) is 2.37. The van der Waals surface area contributed by atoms with Crippen LogP contribution < -0.4 is 14.2 Å². The molecule has 1 atom stereocenters. The van der Waals surface area contributed by atoms with Crippen molar-refractivity contribution in [1.82, 2.24) is 0 Å². The molecule has 0 saturated carbocycles. The van der Waals surface area contributed by atoms with Crippen molar-refractivity contribution in [3.8, 4) is 28.4 Å². The van der Waals surface area contributed by atoms with Crippen molar-refractivity contribution in [3.05, 3.63) is 78.4 Å². The number of unbranched alkanes of at least 4 members (excludes halogenated alkanes) is 10. The Morgan fingerprint density at radius 1 is 0.545 bits per heavy atom. The Morgan fingerprint density at radius 3 is 1.55 bits per heavy atom. The maximum atomic E-state index is 12.6. The molecule has 0 heterocycles. The van der Waals surface area contributed by atoms with E-state index in [2.05, 4.69) is 13.8 Å². The lowest BCUT2D eigenvalue weighted by atomic mass is 10.1. The summed E-state index contributed by atoms with van der Waals surface area (Å²) in [7, 11) is 0. The summed E-state index contributed by atoms with van der Waals surface area (Å²) in [4.78, 5) is 25.1. The molecule has 0 N–H and O–H groups in total. The molecule has 0 amide bonds. The largest absolute Gasteiger partial charge is 0.494 e. The fourth-order valence-electron chi connectivity index (χ4n) is 4.77. The van der Waals surface area contributed by atoms with E-state index in [4.69, 9.17) is 18.9 Å². The molecule has 0 aliphatic rings. The first-order chi connectivity index (χ1) is 21.5. The zero-order valence-electron chi connectivity index (χ0n) is 26.9. The maximum Gasteiger partial charge on any atom is 0.343 e. The van der Waals surface area contributed by atoms with Crippen LogP contribution in [0.3, 0.4) is 0 Å². The number of hydrogen-bond donors (Lipinski definition) is 0. The Labute approximate surface area is 264 Å². The van der Waals surface area contributed by atoms with Crippen molar-refractivity contribution in [1.29, 1.82) is 0 Å². The van der Waals surface area contributed by atoms with Gasteiger partial charge in [0.25, 0.3) is 0 Å². The average molecular weight is 603 g/mol. The third-order valence-corrected chi connectivity index (χ3v) is 7.53. The second-order valence-corrected chi connectivity index (χ2v) is 11.3. The molecule has 1 unspecified atom stereocenters. The Hall–Kier alpha value is -3.64. The van der Waals surface area contributed by atoms with E-state index < -0.39 is 18.0 Å². The molecule has 3 aromatic carbocycles. The van der Waals surface area contributed by atoms with Crippen LogP contribution in [0, 0.1) is 0 Å². The highest BCUT2D eigenvalue weighted by Gasteiger charge is 2.16. The summed E-state index contributed by atoms with van der Waals surface area (Å²) in [6, 6.07) is 21.7. The molecule has 0 fully saturated rings. The minimum Gasteiger partial charge on any atom is -0.494 e. The van der Waals surface area contributed by atoms with E-state index in [0.717, 1.165) is 36.1 Å². The first-order valence-corrected chi connectivity index (χ1v) is 16.5. The number of esters is 2. The summed E-state index contributed by atoms with van der Waals surface area (Å²) in [5, 5.41) is 0. The van der Waals surface area contributed by atoms with Crippen LogP contribution in [-0.4, -0.2) is 31.3 Å². The van der Waals surface area contributed by atoms with E-state index >= 15 is 0 Å². The molecule has 238 valence electrons. The lowest BCUT2D eigenvalue weighted by Gasteiger charge is -2.13. The monoisotopic (exact) mass is 602 g/mol. The normalized spacial score (nSPS) is 11.6. The lowest BCUT2D eigenvalue weighted by Crippen LogP contribution is -2.26. The summed E-state index contributed by atoms with van der Waals surface area (Å²) in [6.07, 6.45) is 13.7. The van der Waals surface area contributed by atoms with Crippen molar-refractivity contribution in [2.24, 2.45) is 0 Å². The Balaban J connectivity index is 1.39. The Bertz CT molecular complexity index is 1220. The van der Waals surface area contributed by atoms with Gasteiger partial charge in [-0.15, -0.1) is 0 Å². The molecule has 0 bridgehead atoms. The van der Waals surface area contributed by atoms with Crippen LogP contribution in [-0.2, 0) is 9.53 Å². The first kappa shape index (κ1) is 34.8. The number of carbonyl (C=O) groups is 2. The van der Waals surface area contributed by atoms with Crippen LogP contribution in [0.15, 0.2) is 72.8 Å². The summed E-state index contributed by atoms with van der Waals surface area (Å²) in [6.45, 7) is 7.40. The van der Waals surface area contributed by atoms with E-state index in [1.165, 1.54) is 57.8 Å². The van der Waals surface area contributed by atoms with Crippen molar-refractivity contribution >= 4 is 11.9 Å². The second kappa shape index (κ2) is 20.3. The third kappa shape index (κ3) is 12.9. The van der Waals surface area contributed by atoms with E-state index in [1.807, 2.05) is 36.4 Å². The molecule has 6 heteroatoms. The molecule has 0 aliphatic heterocycles. The van der Waals surface area contributed by atoms with Crippen LogP contribution >= 0.6 is 0 Å². The average Bonchev–Trinajstić information content (AvgIpc) is 3.05. The number of rotatable bonds is 21. The predicted molar refractivity (Wildman–Crippen MR) is 177 cm³/mol. The van der Waals surface area contributed by atoms with Crippen molar-refractivity contribution in [3.63, 3.8) is 0 Å². The van der Waals surface area contributed by atoms with Gasteiger partial charge in [-0.1, -0.05) is 102 Å². The smallest absolute Gasteiger partial charge is 0.343 e. The molecule has 0 radical (unpaired) electrons. The fourth-order valence-corrected chi connectivity index (χ4v) is 4.77. The van der Waals surface area contributed by atoms with Crippen LogP contribution in [0.1, 0.15) is 108 Å². The van der Waals surface area contributed by atoms with Gasteiger partial charge in [0, 0.05) is 6.61 Å². The molecular weight excluding hydrogens is 552 g/mol. The highest BCUT2D eigenvalue weighted by atomic mass is 16.6. The highest BCUT2D eigenvalue weighted by Crippen LogP contribution is 2.25. The van der Waals surface area contributed by atoms with Crippen LogP contribution in [0.4, 0.5) is 0 Å². The quantitative estimate of drug-likeness (QED) is 0.0686. The maximum absolute atomic E-state index is 12.6. The molecular formula is C38H50O6. The zero-order valence-corrected chi connectivity index (χ0v) is 26.9. The number of ether oxygens (including phenoxy) is 4. The minimum atomic E-state index is -0.609. The van der Waals surface area contributed by atoms with E-state index in [0.29, 0.717) is 30.3 Å². The van der Waals surface area contributed by atoms with Gasteiger partial charge >= 0.3 is 11.9 Å². The van der Waals surface area contributed by atoms with E-state index in [-0.39, 0.29) is 0 Å². The number of benzene rings is 3. The molecule has 0 saturated heterocycles. The minimum absolute atomic E-state index is 0.398. The molecule has 0 aliphatic carbocycles. The lowest BCUT2D eigenvalue weighted by molar-refractivity contribution is -0.146. The predicted octanol–water partition coefficient (Wildman–Crippen LogP) is 9.98. The number of hydrogen-bond acceptors (Lipinski definition) is 6. The highest BCUT2D eigenvalue weighted by molar-refractivity contribution is 5.91. The van der Waals surface area contributed by atoms with Gasteiger partial charge in [0.15, 0.2) is 6.10 Å². The van der Waals surface area contributed by atoms with Crippen molar-refractivity contribution < 1.29 is 28.5 Å². The summed E-state index contributed by atoms with van der Waals surface area (Å²) in [5.74, 6) is 0.870. The van der Waals surface area contributed by atoms with Gasteiger partial charge < -0.3 is 18.9 Å². The molecule has 44 heavy (non-hydrogen) atoms. The van der Waals surface area contributed by atoms with E-state index in [9.17, 15) is 9.59 Å².